The van der Waals surface area contributed by atoms with Gasteiger partial charge in [-0.2, -0.15) is 0 Å². The standard InChI is InChI=1S/C13H17FN2O2/c14-10-5-3-9(4-6-10)12(17)8-16-11-2-1-7-15-13(11)18/h3-6,11-12,16-17H,1-2,7-8H2,(H,15,18). The summed E-state index contributed by atoms with van der Waals surface area (Å²) in [4.78, 5) is 11.5. The van der Waals surface area contributed by atoms with E-state index in [2.05, 4.69) is 10.6 Å². The summed E-state index contributed by atoms with van der Waals surface area (Å²) in [6.45, 7) is 1.00. The first-order valence-electron chi connectivity index (χ1n) is 6.11. The van der Waals surface area contributed by atoms with E-state index in [9.17, 15) is 14.3 Å². The number of benzene rings is 1. The molecular weight excluding hydrogens is 235 g/mol. The van der Waals surface area contributed by atoms with Crippen LogP contribution in [0.4, 0.5) is 4.39 Å². The summed E-state index contributed by atoms with van der Waals surface area (Å²) in [6.07, 6.45) is 0.984. The zero-order valence-corrected chi connectivity index (χ0v) is 10.0. The second-order valence-electron chi connectivity index (χ2n) is 4.46. The molecular formula is C13H17FN2O2. The third kappa shape index (κ3) is 3.27. The van der Waals surface area contributed by atoms with Crippen LogP contribution in [0.1, 0.15) is 24.5 Å². The Morgan fingerprint density at radius 3 is 2.83 bits per heavy atom. The summed E-state index contributed by atoms with van der Waals surface area (Å²) in [5.74, 6) is -0.349. The van der Waals surface area contributed by atoms with Crippen molar-refractivity contribution in [2.75, 3.05) is 13.1 Å². The monoisotopic (exact) mass is 252 g/mol. The quantitative estimate of drug-likeness (QED) is 0.740. The van der Waals surface area contributed by atoms with Gasteiger partial charge in [0.2, 0.25) is 5.91 Å². The lowest BCUT2D eigenvalue weighted by molar-refractivity contribution is -0.124. The number of piperidine rings is 1. The number of carbonyl (C=O) groups is 1. The Bertz CT molecular complexity index is 408. The van der Waals surface area contributed by atoms with Crippen molar-refractivity contribution in [3.63, 3.8) is 0 Å². The molecule has 2 rings (SSSR count). The third-order valence-electron chi connectivity index (χ3n) is 3.10. The van der Waals surface area contributed by atoms with Gasteiger partial charge < -0.3 is 15.7 Å². The first kappa shape index (κ1) is 13.0. The van der Waals surface area contributed by atoms with Crippen molar-refractivity contribution < 1.29 is 14.3 Å². The zero-order chi connectivity index (χ0) is 13.0. The molecule has 0 spiro atoms. The van der Waals surface area contributed by atoms with Gasteiger partial charge in [-0.25, -0.2) is 4.39 Å². The number of aliphatic hydroxyl groups is 1. The highest BCUT2D eigenvalue weighted by Gasteiger charge is 2.22. The van der Waals surface area contributed by atoms with Gasteiger partial charge in [0, 0.05) is 13.1 Å². The molecule has 1 saturated heterocycles. The lowest BCUT2D eigenvalue weighted by Crippen LogP contribution is -2.49. The smallest absolute Gasteiger partial charge is 0.237 e. The van der Waals surface area contributed by atoms with E-state index in [1.54, 1.807) is 12.1 Å². The molecule has 0 radical (unpaired) electrons. The summed E-state index contributed by atoms with van der Waals surface area (Å²) >= 11 is 0. The van der Waals surface area contributed by atoms with Crippen molar-refractivity contribution in [1.29, 1.82) is 0 Å². The molecule has 1 fully saturated rings. The van der Waals surface area contributed by atoms with Gasteiger partial charge in [-0.15, -0.1) is 0 Å². The molecule has 2 atom stereocenters. The predicted octanol–water partition coefficient (Wildman–Crippen LogP) is 0.727. The minimum atomic E-state index is -0.736. The summed E-state index contributed by atoms with van der Waals surface area (Å²) in [5, 5.41) is 15.7. The second kappa shape index (κ2) is 5.93. The Balaban J connectivity index is 1.85. The van der Waals surface area contributed by atoms with Crippen molar-refractivity contribution in [2.45, 2.75) is 25.0 Å². The molecule has 0 aliphatic carbocycles. The molecule has 1 aliphatic rings. The number of aliphatic hydroxyl groups excluding tert-OH is 1. The van der Waals surface area contributed by atoms with Crippen LogP contribution < -0.4 is 10.6 Å². The van der Waals surface area contributed by atoms with E-state index in [1.165, 1.54) is 12.1 Å². The Hall–Kier alpha value is -1.46. The fourth-order valence-electron chi connectivity index (χ4n) is 2.02. The first-order valence-corrected chi connectivity index (χ1v) is 6.11. The van der Waals surface area contributed by atoms with Crippen LogP contribution in [0.5, 0.6) is 0 Å². The number of hydrogen-bond acceptors (Lipinski definition) is 3. The molecule has 18 heavy (non-hydrogen) atoms. The molecule has 0 saturated carbocycles. The van der Waals surface area contributed by atoms with Crippen LogP contribution >= 0.6 is 0 Å². The summed E-state index contributed by atoms with van der Waals surface area (Å²) in [6, 6.07) is 5.47. The largest absolute Gasteiger partial charge is 0.387 e. The topological polar surface area (TPSA) is 61.4 Å². The van der Waals surface area contributed by atoms with Crippen LogP contribution in [-0.2, 0) is 4.79 Å². The summed E-state index contributed by atoms with van der Waals surface area (Å²) in [5.41, 5.74) is 0.639. The van der Waals surface area contributed by atoms with Crippen molar-refractivity contribution in [3.8, 4) is 0 Å². The van der Waals surface area contributed by atoms with Crippen LogP contribution in [0.2, 0.25) is 0 Å². The highest BCUT2D eigenvalue weighted by molar-refractivity contribution is 5.82. The van der Waals surface area contributed by atoms with Crippen molar-refractivity contribution in [1.82, 2.24) is 10.6 Å². The first-order chi connectivity index (χ1) is 8.66. The van der Waals surface area contributed by atoms with Gasteiger partial charge in [-0.1, -0.05) is 12.1 Å². The van der Waals surface area contributed by atoms with E-state index < -0.39 is 6.10 Å². The fraction of sp³-hybridized carbons (Fsp3) is 0.462. The van der Waals surface area contributed by atoms with E-state index >= 15 is 0 Å². The molecule has 0 bridgehead atoms. The maximum Gasteiger partial charge on any atom is 0.237 e. The van der Waals surface area contributed by atoms with Gasteiger partial charge >= 0.3 is 0 Å². The van der Waals surface area contributed by atoms with Gasteiger partial charge in [0.25, 0.3) is 0 Å². The number of nitrogens with one attached hydrogen (secondary N) is 2. The molecule has 98 valence electrons. The van der Waals surface area contributed by atoms with Crippen LogP contribution in [-0.4, -0.2) is 30.1 Å². The Morgan fingerprint density at radius 1 is 1.44 bits per heavy atom. The highest BCUT2D eigenvalue weighted by atomic mass is 19.1. The average molecular weight is 252 g/mol. The predicted molar refractivity (Wildman–Crippen MR) is 65.4 cm³/mol. The molecule has 0 aromatic heterocycles. The third-order valence-corrected chi connectivity index (χ3v) is 3.10. The molecule has 1 heterocycles. The minimum Gasteiger partial charge on any atom is -0.387 e. The molecule has 3 N–H and O–H groups in total. The molecule has 1 amide bonds. The van der Waals surface area contributed by atoms with Crippen LogP contribution in [0.15, 0.2) is 24.3 Å². The summed E-state index contributed by atoms with van der Waals surface area (Å²) < 4.78 is 12.7. The van der Waals surface area contributed by atoms with Gasteiger partial charge in [0.15, 0.2) is 0 Å². The Kier molecular flexibility index (Phi) is 4.28. The number of carbonyl (C=O) groups excluding carboxylic acids is 1. The van der Waals surface area contributed by atoms with Crippen LogP contribution in [0.3, 0.4) is 0 Å². The normalized spacial score (nSPS) is 21.4. The van der Waals surface area contributed by atoms with Crippen LogP contribution in [0, 0.1) is 5.82 Å². The van der Waals surface area contributed by atoms with Crippen molar-refractivity contribution in [2.24, 2.45) is 0 Å². The SMILES string of the molecule is O=C1NCCCC1NCC(O)c1ccc(F)cc1. The lowest BCUT2D eigenvalue weighted by Gasteiger charge is -2.24. The molecule has 1 aromatic carbocycles. The van der Waals surface area contributed by atoms with E-state index in [0.717, 1.165) is 19.4 Å². The molecule has 4 nitrogen and oxygen atoms in total. The molecule has 2 unspecified atom stereocenters. The zero-order valence-electron chi connectivity index (χ0n) is 10.0. The number of hydrogen-bond donors (Lipinski definition) is 3. The van der Waals surface area contributed by atoms with Crippen molar-refractivity contribution >= 4 is 5.91 Å². The van der Waals surface area contributed by atoms with Gasteiger partial charge in [0.05, 0.1) is 12.1 Å². The van der Waals surface area contributed by atoms with Gasteiger partial charge in [-0.05, 0) is 30.5 Å². The van der Waals surface area contributed by atoms with E-state index in [-0.39, 0.29) is 24.3 Å². The molecule has 5 heteroatoms. The maximum absolute atomic E-state index is 12.7. The highest BCUT2D eigenvalue weighted by Crippen LogP contribution is 2.13. The van der Waals surface area contributed by atoms with Gasteiger partial charge in [-0.3, -0.25) is 4.79 Å². The number of amides is 1. The average Bonchev–Trinajstić information content (AvgIpc) is 2.38. The number of rotatable bonds is 4. The maximum atomic E-state index is 12.7. The van der Waals surface area contributed by atoms with E-state index in [1.807, 2.05) is 0 Å². The van der Waals surface area contributed by atoms with Gasteiger partial charge in [0.1, 0.15) is 5.82 Å². The number of halogens is 1. The molecule has 1 aliphatic heterocycles. The lowest BCUT2D eigenvalue weighted by atomic mass is 10.1. The van der Waals surface area contributed by atoms with E-state index in [0.29, 0.717) is 5.56 Å². The fourth-order valence-corrected chi connectivity index (χ4v) is 2.02. The van der Waals surface area contributed by atoms with Crippen molar-refractivity contribution in [3.05, 3.63) is 35.6 Å². The second-order valence-corrected chi connectivity index (χ2v) is 4.46. The Morgan fingerprint density at radius 2 is 2.17 bits per heavy atom. The molecule has 1 aromatic rings. The van der Waals surface area contributed by atoms with E-state index in [4.69, 9.17) is 0 Å². The van der Waals surface area contributed by atoms with Crippen LogP contribution in [0.25, 0.3) is 0 Å². The summed E-state index contributed by atoms with van der Waals surface area (Å²) in [7, 11) is 0. The Labute approximate surface area is 105 Å². The minimum absolute atomic E-state index is 0.0208.